The summed E-state index contributed by atoms with van der Waals surface area (Å²) >= 11 is 0. The quantitative estimate of drug-likeness (QED) is 0.764. The summed E-state index contributed by atoms with van der Waals surface area (Å²) in [6.07, 6.45) is 5.19. The van der Waals surface area contributed by atoms with Gasteiger partial charge in [0.2, 0.25) is 0 Å². The van der Waals surface area contributed by atoms with Crippen molar-refractivity contribution in [1.29, 1.82) is 0 Å². The first-order valence-corrected chi connectivity index (χ1v) is 5.64. The molecule has 0 aliphatic carbocycles. The van der Waals surface area contributed by atoms with Crippen LogP contribution in [-0.4, -0.2) is 19.8 Å². The average molecular weight is 233 g/mol. The van der Waals surface area contributed by atoms with E-state index in [0.717, 1.165) is 23.6 Å². The van der Waals surface area contributed by atoms with E-state index in [0.29, 0.717) is 6.04 Å². The van der Waals surface area contributed by atoms with Gasteiger partial charge in [-0.25, -0.2) is 0 Å². The van der Waals surface area contributed by atoms with Crippen LogP contribution in [0.25, 0.3) is 0 Å². The van der Waals surface area contributed by atoms with Crippen molar-refractivity contribution in [2.45, 2.75) is 26.4 Å². The number of ether oxygens (including phenoxy) is 2. The number of benzene rings is 1. The molecule has 17 heavy (non-hydrogen) atoms. The molecule has 0 heterocycles. The van der Waals surface area contributed by atoms with Gasteiger partial charge < -0.3 is 14.8 Å². The van der Waals surface area contributed by atoms with Crippen LogP contribution in [0.4, 0.5) is 0 Å². The predicted molar refractivity (Wildman–Crippen MR) is 69.3 cm³/mol. The van der Waals surface area contributed by atoms with E-state index in [2.05, 4.69) is 25.1 Å². The van der Waals surface area contributed by atoms with E-state index in [1.54, 1.807) is 7.11 Å². The largest absolute Gasteiger partial charge is 0.497 e. The van der Waals surface area contributed by atoms with Crippen LogP contribution in [0.15, 0.2) is 18.2 Å². The molecule has 1 aromatic carbocycles. The van der Waals surface area contributed by atoms with E-state index in [9.17, 15) is 0 Å². The van der Waals surface area contributed by atoms with Crippen LogP contribution in [-0.2, 0) is 6.54 Å². The highest BCUT2D eigenvalue weighted by Gasteiger charge is 2.06. The summed E-state index contributed by atoms with van der Waals surface area (Å²) in [5.74, 6) is 4.08. The Balaban J connectivity index is 2.83. The highest BCUT2D eigenvalue weighted by Crippen LogP contribution is 2.24. The fourth-order valence-corrected chi connectivity index (χ4v) is 1.40. The maximum atomic E-state index is 5.49. The van der Waals surface area contributed by atoms with Gasteiger partial charge in [0.05, 0.1) is 7.11 Å². The minimum atomic E-state index is 0.279. The van der Waals surface area contributed by atoms with E-state index < -0.39 is 0 Å². The lowest BCUT2D eigenvalue weighted by Crippen LogP contribution is -2.22. The zero-order valence-electron chi connectivity index (χ0n) is 10.6. The van der Waals surface area contributed by atoms with Gasteiger partial charge in [0.1, 0.15) is 18.1 Å². The van der Waals surface area contributed by atoms with Crippen molar-refractivity contribution in [3.8, 4) is 23.8 Å². The van der Waals surface area contributed by atoms with Gasteiger partial charge in [-0.1, -0.05) is 19.8 Å². The molecule has 0 atom stereocenters. The number of hydrogen-bond donors (Lipinski definition) is 1. The van der Waals surface area contributed by atoms with Crippen LogP contribution < -0.4 is 14.8 Å². The molecule has 0 aliphatic heterocycles. The first kappa shape index (κ1) is 13.4. The van der Waals surface area contributed by atoms with Crippen molar-refractivity contribution < 1.29 is 9.47 Å². The van der Waals surface area contributed by atoms with Crippen LogP contribution in [0.2, 0.25) is 0 Å². The summed E-state index contributed by atoms with van der Waals surface area (Å²) in [5.41, 5.74) is 1.05. The van der Waals surface area contributed by atoms with Gasteiger partial charge in [0.15, 0.2) is 0 Å². The van der Waals surface area contributed by atoms with Crippen molar-refractivity contribution in [1.82, 2.24) is 5.32 Å². The number of methoxy groups -OCH3 is 1. The third kappa shape index (κ3) is 4.38. The van der Waals surface area contributed by atoms with Crippen molar-refractivity contribution in [2.24, 2.45) is 0 Å². The third-order valence-electron chi connectivity index (χ3n) is 2.28. The molecule has 1 rings (SSSR count). The Bertz CT molecular complexity index is 394. The second-order valence-electron chi connectivity index (χ2n) is 4.00. The summed E-state index contributed by atoms with van der Waals surface area (Å²) < 4.78 is 10.7. The van der Waals surface area contributed by atoms with Crippen LogP contribution >= 0.6 is 0 Å². The molecule has 1 N–H and O–H groups in total. The maximum Gasteiger partial charge on any atom is 0.148 e. The minimum absolute atomic E-state index is 0.279. The molecule has 0 aromatic heterocycles. The Morgan fingerprint density at radius 3 is 2.76 bits per heavy atom. The van der Waals surface area contributed by atoms with Gasteiger partial charge in [0.25, 0.3) is 0 Å². The van der Waals surface area contributed by atoms with Crippen molar-refractivity contribution in [2.75, 3.05) is 13.7 Å². The molecule has 0 fully saturated rings. The monoisotopic (exact) mass is 233 g/mol. The zero-order valence-corrected chi connectivity index (χ0v) is 10.6. The van der Waals surface area contributed by atoms with Crippen LogP contribution in [0.5, 0.6) is 11.5 Å². The lowest BCUT2D eigenvalue weighted by Gasteiger charge is -2.13. The van der Waals surface area contributed by atoms with Gasteiger partial charge in [-0.2, -0.15) is 0 Å². The molecule has 0 amide bonds. The highest BCUT2D eigenvalue weighted by molar-refractivity contribution is 5.40. The Labute approximate surface area is 103 Å². The van der Waals surface area contributed by atoms with E-state index in [4.69, 9.17) is 15.9 Å². The molecule has 0 saturated carbocycles. The van der Waals surface area contributed by atoms with E-state index in [-0.39, 0.29) is 6.61 Å². The smallest absolute Gasteiger partial charge is 0.148 e. The average Bonchev–Trinajstić information content (AvgIpc) is 2.34. The molecule has 3 nitrogen and oxygen atoms in total. The Morgan fingerprint density at radius 2 is 2.18 bits per heavy atom. The summed E-state index contributed by atoms with van der Waals surface area (Å²) in [4.78, 5) is 0. The standard InChI is InChI=1S/C14H19NO2/c1-5-8-17-14-7-6-13(16-4)9-12(14)10-15-11(2)3/h1,6-7,9,11,15H,8,10H2,2-4H3. The Morgan fingerprint density at radius 1 is 1.41 bits per heavy atom. The molecule has 0 spiro atoms. The van der Waals surface area contributed by atoms with E-state index >= 15 is 0 Å². The Kier molecular flexibility index (Phi) is 5.38. The van der Waals surface area contributed by atoms with E-state index in [1.165, 1.54) is 0 Å². The first-order valence-electron chi connectivity index (χ1n) is 5.64. The molecule has 0 aliphatic rings. The van der Waals surface area contributed by atoms with Gasteiger partial charge >= 0.3 is 0 Å². The van der Waals surface area contributed by atoms with Crippen molar-refractivity contribution >= 4 is 0 Å². The maximum absolute atomic E-state index is 5.49. The SMILES string of the molecule is C#CCOc1ccc(OC)cc1CNC(C)C. The molecule has 0 saturated heterocycles. The van der Waals surface area contributed by atoms with Gasteiger partial charge in [-0.3, -0.25) is 0 Å². The predicted octanol–water partition coefficient (Wildman–Crippen LogP) is 2.21. The number of hydrogen-bond acceptors (Lipinski definition) is 3. The molecule has 0 bridgehead atoms. The number of rotatable bonds is 6. The highest BCUT2D eigenvalue weighted by atomic mass is 16.5. The molecule has 0 unspecified atom stereocenters. The number of nitrogens with one attached hydrogen (secondary N) is 1. The lowest BCUT2D eigenvalue weighted by molar-refractivity contribution is 0.361. The molecule has 0 radical (unpaired) electrons. The van der Waals surface area contributed by atoms with Crippen molar-refractivity contribution in [3.63, 3.8) is 0 Å². The van der Waals surface area contributed by atoms with Crippen LogP contribution in [0.1, 0.15) is 19.4 Å². The van der Waals surface area contributed by atoms with Crippen LogP contribution in [0, 0.1) is 12.3 Å². The first-order chi connectivity index (χ1) is 8.17. The third-order valence-corrected chi connectivity index (χ3v) is 2.28. The second kappa shape index (κ2) is 6.82. The lowest BCUT2D eigenvalue weighted by atomic mass is 10.1. The zero-order chi connectivity index (χ0) is 12.7. The molecule has 3 heteroatoms. The number of terminal acetylenes is 1. The normalized spacial score (nSPS) is 10.1. The topological polar surface area (TPSA) is 30.5 Å². The Hall–Kier alpha value is -1.66. The molecular weight excluding hydrogens is 214 g/mol. The van der Waals surface area contributed by atoms with Gasteiger partial charge in [0, 0.05) is 18.2 Å². The van der Waals surface area contributed by atoms with Crippen molar-refractivity contribution in [3.05, 3.63) is 23.8 Å². The summed E-state index contributed by atoms with van der Waals surface area (Å²) in [5, 5.41) is 3.34. The summed E-state index contributed by atoms with van der Waals surface area (Å²) in [6.45, 7) is 5.21. The van der Waals surface area contributed by atoms with Gasteiger partial charge in [-0.05, 0) is 18.2 Å². The molecular formula is C14H19NO2. The summed E-state index contributed by atoms with van der Waals surface area (Å²) in [6, 6.07) is 6.13. The van der Waals surface area contributed by atoms with Crippen LogP contribution in [0.3, 0.4) is 0 Å². The molecule has 92 valence electrons. The minimum Gasteiger partial charge on any atom is -0.497 e. The summed E-state index contributed by atoms with van der Waals surface area (Å²) in [7, 11) is 1.65. The fourth-order valence-electron chi connectivity index (χ4n) is 1.40. The second-order valence-corrected chi connectivity index (χ2v) is 4.00. The fraction of sp³-hybridized carbons (Fsp3) is 0.429. The van der Waals surface area contributed by atoms with E-state index in [1.807, 2.05) is 18.2 Å². The van der Waals surface area contributed by atoms with Gasteiger partial charge in [-0.15, -0.1) is 6.42 Å². The molecule has 1 aromatic rings.